The van der Waals surface area contributed by atoms with Crippen LogP contribution in [0.1, 0.15) is 89.3 Å². The van der Waals surface area contributed by atoms with E-state index >= 15 is 0 Å². The number of nitrogen functional groups attached to an aromatic ring is 3. The molecular formula is C80H86BCl3N18O7U. The van der Waals surface area contributed by atoms with Crippen LogP contribution in [-0.4, -0.2) is 160 Å². The fraction of sp³-hybridized carbons (Fsp3) is 0.300. The first-order valence-corrected chi connectivity index (χ1v) is 37.5. The van der Waals surface area contributed by atoms with E-state index in [4.69, 9.17) is 87.6 Å². The predicted octanol–water partition coefficient (Wildman–Crippen LogP) is 14.6. The number of aromatic nitrogens is 12. The summed E-state index contributed by atoms with van der Waals surface area (Å²) in [6, 6.07) is 52.5. The zero-order chi connectivity index (χ0) is 77.3. The second kappa shape index (κ2) is 40.6. The van der Waals surface area contributed by atoms with Gasteiger partial charge in [-0.1, -0.05) is 61.2 Å². The van der Waals surface area contributed by atoms with Crippen LogP contribution < -0.4 is 36.7 Å². The number of fused-ring (bicyclic) bond motifs is 3. The van der Waals surface area contributed by atoms with E-state index in [2.05, 4.69) is 57.1 Å². The van der Waals surface area contributed by atoms with Crippen molar-refractivity contribution in [2.24, 2.45) is 0 Å². The van der Waals surface area contributed by atoms with E-state index in [1.165, 1.54) is 37.9 Å². The van der Waals surface area contributed by atoms with Crippen LogP contribution in [0.15, 0.2) is 195 Å². The SMILES string of the molecule is C=CC(=O)N1CCC[C@@H](n2nc(-c3ccc(Oc4ccccc4)cc3)c3c(N)ncnc32)C1.CC1CCCO1.Nc1ncnc2c1c(-c1ccc(Oc3ccccc3)cc1)nn2[C@@H]1CCCN(C(=O)CCCl)C1.Nc1ncnc2c1c(-c1ccc(Oc3ccccc3)cc1)nn2[C@@H]1CCCNC1.O=C(Cl)CCCl.[2H][B].[U]. The number of carbonyl (C=O) groups is 3. The molecule has 6 aromatic heterocycles. The third-order valence-electron chi connectivity index (χ3n) is 18.6. The summed E-state index contributed by atoms with van der Waals surface area (Å²) in [4.78, 5) is 64.1. The number of halogens is 3. The van der Waals surface area contributed by atoms with Gasteiger partial charge in [0.1, 0.15) is 88.0 Å². The maximum Gasteiger partial charge on any atom is 0.246 e. The third-order valence-corrected chi connectivity index (χ3v) is 19.1. The molecule has 4 saturated heterocycles. The first-order valence-electron chi connectivity index (χ1n) is 36.6. The minimum atomic E-state index is -0.370. The van der Waals surface area contributed by atoms with E-state index in [9.17, 15) is 14.4 Å². The average molecular weight is 1770 g/mol. The van der Waals surface area contributed by atoms with Crippen molar-refractivity contribution in [2.45, 2.75) is 95.4 Å². The molecule has 0 saturated carbocycles. The van der Waals surface area contributed by atoms with Crippen molar-refractivity contribution in [2.75, 3.05) is 74.8 Å². The summed E-state index contributed by atoms with van der Waals surface area (Å²) in [5.41, 5.74) is 25.8. The van der Waals surface area contributed by atoms with Gasteiger partial charge in [-0.3, -0.25) is 14.4 Å². The molecule has 0 aliphatic carbocycles. The average Bonchev–Trinajstić information content (AvgIpc) is 1.63. The largest absolute Gasteiger partial charge is 0.457 e. The number of anilines is 3. The van der Waals surface area contributed by atoms with E-state index in [0.717, 1.165) is 133 Å². The van der Waals surface area contributed by atoms with Crippen LogP contribution in [0.4, 0.5) is 17.5 Å². The Balaban J connectivity index is 0.000000162. The Hall–Kier alpha value is -9.97. The maximum absolute atomic E-state index is 12.4. The zero-order valence-electron chi connectivity index (χ0n) is 61.9. The number of alkyl halides is 2. The molecule has 30 heteroatoms. The second-order valence-electron chi connectivity index (χ2n) is 26.0. The van der Waals surface area contributed by atoms with Crippen LogP contribution >= 0.6 is 34.8 Å². The molecule has 4 aliphatic heterocycles. The van der Waals surface area contributed by atoms with Gasteiger partial charge in [-0.25, -0.2) is 43.9 Å². The molecule has 110 heavy (non-hydrogen) atoms. The number of nitrogens with two attached hydrogens (primary N) is 3. The van der Waals surface area contributed by atoms with E-state index in [1.54, 1.807) is 4.90 Å². The van der Waals surface area contributed by atoms with Crippen molar-refractivity contribution in [3.8, 4) is 68.3 Å². The fourth-order valence-electron chi connectivity index (χ4n) is 13.2. The molecule has 10 heterocycles. The topological polar surface area (TPSA) is 316 Å². The molecule has 4 fully saturated rings. The molecule has 25 nitrogen and oxygen atoms in total. The van der Waals surface area contributed by atoms with Gasteiger partial charge in [-0.15, -0.1) is 23.2 Å². The Morgan fingerprint density at radius 2 is 0.900 bits per heavy atom. The molecule has 4 aliphatic rings. The number of amides is 2. The zero-order valence-corrected chi connectivity index (χ0v) is 67.3. The van der Waals surface area contributed by atoms with Gasteiger partial charge in [0, 0.05) is 120 Å². The molecule has 0 spiro atoms. The van der Waals surface area contributed by atoms with Gasteiger partial charge in [-0.2, -0.15) is 15.3 Å². The van der Waals surface area contributed by atoms with Crippen molar-refractivity contribution >= 4 is 111 Å². The smallest absolute Gasteiger partial charge is 0.246 e. The summed E-state index contributed by atoms with van der Waals surface area (Å²) in [6.45, 7) is 11.2. The Kier molecular flexibility index (Phi) is 29.9. The monoisotopic (exact) mass is 1770 g/mol. The number of carbonyl (C=O) groups excluding carboxylic acids is 3. The number of para-hydroxylation sites is 3. The summed E-state index contributed by atoms with van der Waals surface area (Å²) in [5.74, 6) is 6.41. The number of rotatable bonds is 17. The molecule has 1 unspecified atom stereocenters. The van der Waals surface area contributed by atoms with Crippen LogP contribution in [0.2, 0.25) is 0 Å². The van der Waals surface area contributed by atoms with Crippen LogP contribution in [-0.2, 0) is 19.1 Å². The van der Waals surface area contributed by atoms with Gasteiger partial charge in [0.05, 0.1) is 40.4 Å². The number of likely N-dealkylation sites (tertiary alicyclic amines) is 2. The summed E-state index contributed by atoms with van der Waals surface area (Å²) < 4.78 is 33.9. The number of hydrogen-bond donors (Lipinski definition) is 4. The van der Waals surface area contributed by atoms with E-state index in [-0.39, 0.29) is 72.7 Å². The van der Waals surface area contributed by atoms with Gasteiger partial charge >= 0.3 is 0 Å². The summed E-state index contributed by atoms with van der Waals surface area (Å²) in [6.07, 6.45) is 15.2. The molecule has 566 valence electrons. The molecule has 6 aromatic carbocycles. The molecule has 16 rings (SSSR count). The number of benzene rings is 6. The first kappa shape index (κ1) is 81.0. The van der Waals surface area contributed by atoms with Crippen molar-refractivity contribution in [1.82, 2.24) is 74.4 Å². The Morgan fingerprint density at radius 3 is 1.23 bits per heavy atom. The van der Waals surface area contributed by atoms with Gasteiger partial charge in [-0.05, 0) is 193 Å². The molecule has 7 N–H and O–H groups in total. The summed E-state index contributed by atoms with van der Waals surface area (Å²) in [5, 5.41) is 20.0. The van der Waals surface area contributed by atoms with Crippen LogP contribution in [0.25, 0.3) is 66.9 Å². The fourth-order valence-corrected chi connectivity index (χ4v) is 13.8. The van der Waals surface area contributed by atoms with E-state index in [0.29, 0.717) is 94.8 Å². The summed E-state index contributed by atoms with van der Waals surface area (Å²) >= 11 is 15.7. The quantitative estimate of drug-likeness (QED) is 0.0285. The van der Waals surface area contributed by atoms with Crippen molar-refractivity contribution in [1.29, 1.82) is 1.34 Å². The molecule has 12 aromatic rings. The van der Waals surface area contributed by atoms with Crippen LogP contribution in [0.3, 0.4) is 0 Å². The normalized spacial score (nSPS) is 16.6. The Labute approximate surface area is 679 Å². The first-order chi connectivity index (χ1) is 53.7. The predicted molar refractivity (Wildman–Crippen MR) is 429 cm³/mol. The van der Waals surface area contributed by atoms with Gasteiger partial charge in [0.15, 0.2) is 16.9 Å². The second-order valence-corrected chi connectivity index (χ2v) is 27.2. The third kappa shape index (κ3) is 21.1. The number of nitrogens with one attached hydrogen (secondary N) is 1. The molecule has 2 amide bonds. The van der Waals surface area contributed by atoms with Crippen LogP contribution in [0.5, 0.6) is 34.5 Å². The number of piperidine rings is 3. The van der Waals surface area contributed by atoms with Crippen molar-refractivity contribution in [3.05, 3.63) is 195 Å². The van der Waals surface area contributed by atoms with Gasteiger partial charge in [0.25, 0.3) is 0 Å². The minimum Gasteiger partial charge on any atom is -0.457 e. The molecular weight excluding hydrogens is 1680 g/mol. The molecule has 0 bridgehead atoms. The Bertz CT molecular complexity index is 4980. The van der Waals surface area contributed by atoms with Crippen LogP contribution in [0, 0.1) is 31.1 Å². The number of ether oxygens (including phenoxy) is 4. The minimum absolute atomic E-state index is 0. The van der Waals surface area contributed by atoms with E-state index < -0.39 is 0 Å². The standard InChI is InChI=1S/C25H25ClN6O2.C25H24N6O2.C22H22N6O.C5H10O.C3H4Cl2O.BH.U/c26-13-12-21(33)31-14-4-5-18(15-31)32-25-22(24(27)28-16-29-25)23(30-32)17-8-10-20(11-9-17)34-19-6-2-1-3-7-19;1-2-21(32)30-14-6-7-18(15-30)31-25-22(24(26)27-16-28-25)23(29-31)17-10-12-20(13-11-17)33-19-8-4-3-5-9-19;23-21-19-20(15-8-10-18(11-9-15)29-17-6-2-1-3-7-17)27-28(22(19)26-14-25-21)16-5-4-12-24-13-16;1-5-3-2-4-6-5;4-2-1-3(5)6;;/h1-3,6-11,16,18H,4-5,12-15H2,(H2,27,28,29);2-5,8-13,16,18H,1,6-7,14-15H2,(H2,26,27,28);1-3,6-11,14,16,24H,4-5,12-13H2,(H2,23,25,26);5H,2-4H2,1H3;1-2H2;1H;/t2*18-;16-;;;;/m111..../s1/i;;;;;1D;. The number of nitrogens with zero attached hydrogens (tertiary/aromatic N) is 14. The molecule has 4 atom stereocenters. The maximum atomic E-state index is 12.4. The van der Waals surface area contributed by atoms with Crippen molar-refractivity contribution < 1.29 is 64.4 Å². The van der Waals surface area contributed by atoms with Gasteiger partial charge in [0.2, 0.25) is 17.1 Å². The van der Waals surface area contributed by atoms with E-state index in [1.807, 2.05) is 183 Å². The number of hydrogen-bond acceptors (Lipinski definition) is 20. The van der Waals surface area contributed by atoms with Gasteiger partial charge < -0.3 is 51.3 Å². The van der Waals surface area contributed by atoms with Crippen molar-refractivity contribution in [3.63, 3.8) is 0 Å². The summed E-state index contributed by atoms with van der Waals surface area (Å²) in [7, 11) is 3.75. The molecule has 2 radical (unpaired) electrons. The Morgan fingerprint density at radius 1 is 0.527 bits per heavy atom.